The lowest BCUT2D eigenvalue weighted by atomic mass is 9.91. The highest BCUT2D eigenvalue weighted by Crippen LogP contribution is 2.30. The summed E-state index contributed by atoms with van der Waals surface area (Å²) >= 11 is 0. The molecular formula is C28H43N3O4. The second kappa shape index (κ2) is 12.7. The summed E-state index contributed by atoms with van der Waals surface area (Å²) in [6, 6.07) is 8.19. The fourth-order valence-corrected chi connectivity index (χ4v) is 5.69. The molecule has 1 spiro atoms. The van der Waals surface area contributed by atoms with Gasteiger partial charge in [0.15, 0.2) is 5.60 Å². The fraction of sp³-hybridized carbons (Fsp3) is 0.714. The van der Waals surface area contributed by atoms with Crippen LogP contribution in [0, 0.1) is 0 Å². The summed E-state index contributed by atoms with van der Waals surface area (Å²) in [7, 11) is 0. The Labute approximate surface area is 210 Å². The number of likely N-dealkylation sites (N-methyl/N-ethyl adjacent to an activating group) is 1. The molecule has 7 heteroatoms. The van der Waals surface area contributed by atoms with Crippen molar-refractivity contribution < 1.29 is 19.1 Å². The Kier molecular flexibility index (Phi) is 9.44. The van der Waals surface area contributed by atoms with Crippen LogP contribution in [0.1, 0.15) is 63.9 Å². The maximum atomic E-state index is 13.8. The topological polar surface area (TPSA) is 62.3 Å². The second-order valence-corrected chi connectivity index (χ2v) is 10.2. The Bertz CT molecular complexity index is 839. The van der Waals surface area contributed by atoms with Crippen molar-refractivity contribution in [3.8, 4) is 5.75 Å². The van der Waals surface area contributed by atoms with Crippen molar-refractivity contribution in [1.82, 2.24) is 14.7 Å². The SMILES string of the molecule is CCN1CCOc2ccccc2CCCCC2(CN(C(=O)CCN3CCCCCC3)CCO2)C1=O. The van der Waals surface area contributed by atoms with Gasteiger partial charge in [0, 0.05) is 26.1 Å². The summed E-state index contributed by atoms with van der Waals surface area (Å²) in [6.45, 7) is 7.89. The molecule has 35 heavy (non-hydrogen) atoms. The van der Waals surface area contributed by atoms with E-state index in [2.05, 4.69) is 17.0 Å². The molecule has 3 aliphatic heterocycles. The van der Waals surface area contributed by atoms with E-state index in [9.17, 15) is 9.59 Å². The molecule has 0 N–H and O–H groups in total. The van der Waals surface area contributed by atoms with Gasteiger partial charge in [0.2, 0.25) is 5.91 Å². The third kappa shape index (κ3) is 6.76. The van der Waals surface area contributed by atoms with Crippen LogP contribution in [0.25, 0.3) is 0 Å². The fourth-order valence-electron chi connectivity index (χ4n) is 5.69. The van der Waals surface area contributed by atoms with Gasteiger partial charge in [0.05, 0.1) is 19.7 Å². The van der Waals surface area contributed by atoms with Gasteiger partial charge in [-0.3, -0.25) is 9.59 Å². The van der Waals surface area contributed by atoms with E-state index >= 15 is 0 Å². The first-order valence-electron chi connectivity index (χ1n) is 13.8. The van der Waals surface area contributed by atoms with Gasteiger partial charge in [0.25, 0.3) is 5.91 Å². The Morgan fingerprint density at radius 3 is 2.57 bits per heavy atom. The first-order valence-corrected chi connectivity index (χ1v) is 13.8. The minimum atomic E-state index is -0.953. The first kappa shape index (κ1) is 26.0. The molecule has 0 aliphatic carbocycles. The zero-order valence-corrected chi connectivity index (χ0v) is 21.5. The normalized spacial score (nSPS) is 25.2. The number of likely N-dealkylation sites (tertiary alicyclic amines) is 1. The van der Waals surface area contributed by atoms with Gasteiger partial charge in [-0.1, -0.05) is 31.0 Å². The average molecular weight is 486 g/mol. The Morgan fingerprint density at radius 1 is 0.971 bits per heavy atom. The monoisotopic (exact) mass is 485 g/mol. The molecule has 0 bridgehead atoms. The molecule has 3 aliphatic rings. The van der Waals surface area contributed by atoms with Gasteiger partial charge in [-0.2, -0.15) is 0 Å². The number of hydrogen-bond donors (Lipinski definition) is 0. The molecule has 7 nitrogen and oxygen atoms in total. The van der Waals surface area contributed by atoms with Crippen molar-refractivity contribution in [2.45, 2.75) is 70.3 Å². The maximum absolute atomic E-state index is 13.8. The molecule has 0 saturated carbocycles. The maximum Gasteiger partial charge on any atom is 0.256 e. The molecule has 0 aromatic heterocycles. The van der Waals surface area contributed by atoms with E-state index in [0.717, 1.165) is 44.6 Å². The van der Waals surface area contributed by atoms with E-state index in [0.29, 0.717) is 52.2 Å². The smallest absolute Gasteiger partial charge is 0.256 e. The number of nitrogens with zero attached hydrogens (tertiary/aromatic N) is 3. The van der Waals surface area contributed by atoms with Gasteiger partial charge < -0.3 is 24.2 Å². The van der Waals surface area contributed by atoms with Crippen LogP contribution >= 0.6 is 0 Å². The highest BCUT2D eigenvalue weighted by atomic mass is 16.5. The largest absolute Gasteiger partial charge is 0.491 e. The third-order valence-corrected chi connectivity index (χ3v) is 7.81. The number of carbonyl (C=O) groups excluding carboxylic acids is 2. The summed E-state index contributed by atoms with van der Waals surface area (Å²) in [4.78, 5) is 33.2. The minimum Gasteiger partial charge on any atom is -0.491 e. The first-order chi connectivity index (χ1) is 17.1. The molecule has 1 aromatic rings. The Balaban J connectivity index is 1.43. The number of fused-ring (bicyclic) bond motifs is 1. The number of ether oxygens (including phenoxy) is 2. The van der Waals surface area contributed by atoms with Gasteiger partial charge >= 0.3 is 0 Å². The zero-order valence-electron chi connectivity index (χ0n) is 21.5. The molecule has 1 aromatic carbocycles. The number of aryl methyl sites for hydroxylation is 1. The quantitative estimate of drug-likeness (QED) is 0.653. The van der Waals surface area contributed by atoms with Crippen molar-refractivity contribution in [3.63, 3.8) is 0 Å². The van der Waals surface area contributed by atoms with Crippen molar-refractivity contribution in [3.05, 3.63) is 29.8 Å². The molecule has 1 atom stereocenters. The van der Waals surface area contributed by atoms with E-state index in [-0.39, 0.29) is 11.8 Å². The Hall–Kier alpha value is -2.12. The molecule has 2 amide bonds. The molecule has 3 heterocycles. The van der Waals surface area contributed by atoms with Gasteiger partial charge in [0.1, 0.15) is 12.4 Å². The number of benzene rings is 1. The van der Waals surface area contributed by atoms with E-state index in [1.807, 2.05) is 28.9 Å². The van der Waals surface area contributed by atoms with Crippen LogP contribution in [-0.4, -0.2) is 91.1 Å². The van der Waals surface area contributed by atoms with Crippen molar-refractivity contribution >= 4 is 11.8 Å². The molecule has 194 valence electrons. The highest BCUT2D eigenvalue weighted by Gasteiger charge is 2.46. The number of morpholine rings is 1. The predicted molar refractivity (Wildman–Crippen MR) is 137 cm³/mol. The lowest BCUT2D eigenvalue weighted by Gasteiger charge is -2.44. The van der Waals surface area contributed by atoms with E-state index < -0.39 is 5.60 Å². The summed E-state index contributed by atoms with van der Waals surface area (Å²) in [6.07, 6.45) is 8.94. The van der Waals surface area contributed by atoms with Gasteiger partial charge in [-0.25, -0.2) is 0 Å². The van der Waals surface area contributed by atoms with Gasteiger partial charge in [-0.05, 0) is 70.2 Å². The minimum absolute atomic E-state index is 0.00229. The third-order valence-electron chi connectivity index (χ3n) is 7.81. The van der Waals surface area contributed by atoms with Crippen molar-refractivity contribution in [1.29, 1.82) is 0 Å². The van der Waals surface area contributed by atoms with Gasteiger partial charge in [-0.15, -0.1) is 0 Å². The molecule has 0 radical (unpaired) electrons. The van der Waals surface area contributed by atoms with Crippen molar-refractivity contribution in [2.75, 3.05) is 59.0 Å². The highest BCUT2D eigenvalue weighted by molar-refractivity contribution is 5.87. The number of rotatable bonds is 4. The lowest BCUT2D eigenvalue weighted by Crippen LogP contribution is -2.62. The van der Waals surface area contributed by atoms with Crippen LogP contribution in [0.5, 0.6) is 5.75 Å². The summed E-state index contributed by atoms with van der Waals surface area (Å²) in [5, 5.41) is 0. The van der Waals surface area contributed by atoms with E-state index in [1.54, 1.807) is 0 Å². The van der Waals surface area contributed by atoms with Crippen LogP contribution < -0.4 is 4.74 Å². The zero-order chi connectivity index (χ0) is 24.5. The van der Waals surface area contributed by atoms with Crippen LogP contribution in [0.2, 0.25) is 0 Å². The van der Waals surface area contributed by atoms with Crippen LogP contribution in [-0.2, 0) is 20.7 Å². The standard InChI is InChI=1S/C28H43N3O4/c1-2-30-19-21-34-25-13-6-5-11-24(25)12-7-8-15-28(27(30)33)23-31(20-22-35-28)26(32)14-18-29-16-9-3-4-10-17-29/h5-6,11,13H,2-4,7-10,12,14-23H2,1H3. The van der Waals surface area contributed by atoms with Crippen molar-refractivity contribution in [2.24, 2.45) is 0 Å². The molecule has 4 rings (SSSR count). The summed E-state index contributed by atoms with van der Waals surface area (Å²) in [5.74, 6) is 1.07. The number of carbonyl (C=O) groups is 2. The van der Waals surface area contributed by atoms with E-state index in [1.165, 1.54) is 31.2 Å². The number of hydrogen-bond acceptors (Lipinski definition) is 5. The lowest BCUT2D eigenvalue weighted by molar-refractivity contribution is -0.176. The molecule has 1 unspecified atom stereocenters. The summed E-state index contributed by atoms with van der Waals surface area (Å²) < 4.78 is 12.3. The van der Waals surface area contributed by atoms with Crippen LogP contribution in [0.4, 0.5) is 0 Å². The number of para-hydroxylation sites is 1. The molecule has 2 fully saturated rings. The van der Waals surface area contributed by atoms with E-state index in [4.69, 9.17) is 9.47 Å². The van der Waals surface area contributed by atoms with Crippen LogP contribution in [0.15, 0.2) is 24.3 Å². The average Bonchev–Trinajstić information content (AvgIpc) is 3.16. The van der Waals surface area contributed by atoms with Crippen LogP contribution in [0.3, 0.4) is 0 Å². The Morgan fingerprint density at radius 2 is 1.77 bits per heavy atom. The molecule has 2 saturated heterocycles. The second-order valence-electron chi connectivity index (χ2n) is 10.2. The molecular weight excluding hydrogens is 442 g/mol. The predicted octanol–water partition coefficient (Wildman–Crippen LogP) is 3.50. The number of amides is 2. The summed E-state index contributed by atoms with van der Waals surface area (Å²) in [5.41, 5.74) is 0.261.